The molecule has 1 atom stereocenters. The smallest absolute Gasteiger partial charge is 0.156 e. The normalized spacial score (nSPS) is 19.8. The van der Waals surface area contributed by atoms with E-state index in [4.69, 9.17) is 33.7 Å². The molecule has 1 aromatic carbocycles. The van der Waals surface area contributed by atoms with Crippen molar-refractivity contribution in [2.75, 3.05) is 26.2 Å². The number of ether oxygens (including phenoxy) is 1. The molecule has 1 fully saturated rings. The Kier molecular flexibility index (Phi) is 7.26. The molecule has 1 aliphatic rings. The van der Waals surface area contributed by atoms with Gasteiger partial charge in [0.15, 0.2) is 5.75 Å². The second-order valence-corrected chi connectivity index (χ2v) is 5.42. The summed E-state index contributed by atoms with van der Waals surface area (Å²) in [6.45, 7) is 3.47. The summed E-state index contributed by atoms with van der Waals surface area (Å²) in [5.41, 5.74) is 5.93. The van der Waals surface area contributed by atoms with Crippen LogP contribution in [-0.2, 0) is 0 Å². The molecule has 1 saturated heterocycles. The van der Waals surface area contributed by atoms with Crippen LogP contribution in [0.15, 0.2) is 18.2 Å². The second kappa shape index (κ2) is 8.18. The highest BCUT2D eigenvalue weighted by atomic mass is 35.5. The van der Waals surface area contributed by atoms with Crippen molar-refractivity contribution in [2.24, 2.45) is 5.73 Å². The van der Waals surface area contributed by atoms with E-state index in [1.165, 1.54) is 0 Å². The summed E-state index contributed by atoms with van der Waals surface area (Å²) >= 11 is 12.1. The maximum absolute atomic E-state index is 6.03. The van der Waals surface area contributed by atoms with Gasteiger partial charge in [0, 0.05) is 19.1 Å². The van der Waals surface area contributed by atoms with Crippen molar-refractivity contribution in [1.29, 1.82) is 0 Å². The van der Waals surface area contributed by atoms with E-state index in [0.717, 1.165) is 32.5 Å². The Morgan fingerprint density at radius 3 is 2.63 bits per heavy atom. The quantitative estimate of drug-likeness (QED) is 0.924. The fourth-order valence-electron chi connectivity index (χ4n) is 2.19. The Hall–Kier alpha value is -0.190. The Balaban J connectivity index is 0.00000180. The molecule has 0 spiro atoms. The molecule has 0 radical (unpaired) electrons. The van der Waals surface area contributed by atoms with Crippen LogP contribution < -0.4 is 10.5 Å². The third kappa shape index (κ3) is 5.01. The average Bonchev–Trinajstić information content (AvgIpc) is 2.33. The molecule has 1 aromatic rings. The monoisotopic (exact) mass is 324 g/mol. The summed E-state index contributed by atoms with van der Waals surface area (Å²) in [6.07, 6.45) is 2.28. The Bertz CT molecular complexity index is 383. The first kappa shape index (κ1) is 16.9. The van der Waals surface area contributed by atoms with Crippen LogP contribution in [-0.4, -0.2) is 37.2 Å². The fourth-order valence-corrected chi connectivity index (χ4v) is 2.70. The molecule has 19 heavy (non-hydrogen) atoms. The van der Waals surface area contributed by atoms with Crippen molar-refractivity contribution in [2.45, 2.75) is 18.9 Å². The largest absolute Gasteiger partial charge is 0.489 e. The summed E-state index contributed by atoms with van der Waals surface area (Å²) < 4.78 is 5.66. The molecular formula is C13H19Cl3N2O. The van der Waals surface area contributed by atoms with Crippen molar-refractivity contribution >= 4 is 35.6 Å². The van der Waals surface area contributed by atoms with Gasteiger partial charge in [0.2, 0.25) is 0 Å². The van der Waals surface area contributed by atoms with Crippen molar-refractivity contribution in [1.82, 2.24) is 4.90 Å². The number of piperidine rings is 1. The average molecular weight is 326 g/mol. The highest BCUT2D eigenvalue weighted by Gasteiger charge is 2.16. The summed E-state index contributed by atoms with van der Waals surface area (Å²) in [5.74, 6) is 0.571. The van der Waals surface area contributed by atoms with Crippen LogP contribution in [0.3, 0.4) is 0 Å². The number of rotatable bonds is 4. The first-order valence-corrected chi connectivity index (χ1v) is 6.97. The number of para-hydroxylation sites is 1. The Morgan fingerprint density at radius 1 is 1.32 bits per heavy atom. The van der Waals surface area contributed by atoms with Crippen molar-refractivity contribution in [3.05, 3.63) is 28.2 Å². The van der Waals surface area contributed by atoms with Gasteiger partial charge in [-0.25, -0.2) is 0 Å². The van der Waals surface area contributed by atoms with Gasteiger partial charge in [-0.1, -0.05) is 29.3 Å². The van der Waals surface area contributed by atoms with Crippen LogP contribution in [0.5, 0.6) is 5.75 Å². The molecular weight excluding hydrogens is 307 g/mol. The van der Waals surface area contributed by atoms with Gasteiger partial charge in [-0.05, 0) is 31.5 Å². The zero-order valence-electron chi connectivity index (χ0n) is 10.6. The predicted molar refractivity (Wildman–Crippen MR) is 82.9 cm³/mol. The highest BCUT2D eigenvalue weighted by Crippen LogP contribution is 2.32. The second-order valence-electron chi connectivity index (χ2n) is 4.60. The molecule has 2 N–H and O–H groups in total. The summed E-state index contributed by atoms with van der Waals surface area (Å²) in [7, 11) is 0. The number of likely N-dealkylation sites (tertiary alicyclic amines) is 1. The first-order chi connectivity index (χ1) is 8.66. The van der Waals surface area contributed by atoms with E-state index < -0.39 is 0 Å². The van der Waals surface area contributed by atoms with Gasteiger partial charge in [0.25, 0.3) is 0 Å². The van der Waals surface area contributed by atoms with E-state index in [9.17, 15) is 0 Å². The van der Waals surface area contributed by atoms with E-state index in [0.29, 0.717) is 28.4 Å². The minimum absolute atomic E-state index is 0. The van der Waals surface area contributed by atoms with Crippen LogP contribution in [0.25, 0.3) is 0 Å². The number of nitrogens with two attached hydrogens (primary N) is 1. The van der Waals surface area contributed by atoms with Crippen LogP contribution in [0, 0.1) is 0 Å². The van der Waals surface area contributed by atoms with Crippen LogP contribution in [0.4, 0.5) is 0 Å². The van der Waals surface area contributed by atoms with E-state index in [1.54, 1.807) is 18.2 Å². The standard InChI is InChI=1S/C13H18Cl2N2O.ClH/c14-11-4-1-5-12(15)13(11)18-8-7-17-6-2-3-10(16)9-17;/h1,4-5,10H,2-3,6-9,16H2;1H. The zero-order valence-corrected chi connectivity index (χ0v) is 13.0. The van der Waals surface area contributed by atoms with Crippen molar-refractivity contribution in [3.8, 4) is 5.75 Å². The number of halogens is 3. The molecule has 1 heterocycles. The zero-order chi connectivity index (χ0) is 13.0. The van der Waals surface area contributed by atoms with Gasteiger partial charge in [0.05, 0.1) is 10.0 Å². The van der Waals surface area contributed by atoms with Gasteiger partial charge < -0.3 is 10.5 Å². The van der Waals surface area contributed by atoms with E-state index in [2.05, 4.69) is 4.90 Å². The Labute approximate surface area is 130 Å². The van der Waals surface area contributed by atoms with Crippen LogP contribution in [0.1, 0.15) is 12.8 Å². The van der Waals surface area contributed by atoms with Gasteiger partial charge in [-0.2, -0.15) is 0 Å². The molecule has 108 valence electrons. The van der Waals surface area contributed by atoms with E-state index in [-0.39, 0.29) is 12.4 Å². The first-order valence-electron chi connectivity index (χ1n) is 6.21. The molecule has 6 heteroatoms. The third-order valence-corrected chi connectivity index (χ3v) is 3.71. The summed E-state index contributed by atoms with van der Waals surface area (Å²) in [5, 5.41) is 1.11. The number of benzene rings is 1. The molecule has 0 aliphatic carbocycles. The lowest BCUT2D eigenvalue weighted by molar-refractivity contribution is 0.171. The molecule has 1 aliphatic heterocycles. The maximum atomic E-state index is 6.03. The maximum Gasteiger partial charge on any atom is 0.156 e. The lowest BCUT2D eigenvalue weighted by Crippen LogP contribution is -2.44. The van der Waals surface area contributed by atoms with Crippen molar-refractivity contribution in [3.63, 3.8) is 0 Å². The molecule has 0 saturated carbocycles. The van der Waals surface area contributed by atoms with Gasteiger partial charge in [-0.15, -0.1) is 12.4 Å². The SMILES string of the molecule is Cl.NC1CCCN(CCOc2c(Cl)cccc2Cl)C1. The topological polar surface area (TPSA) is 38.5 Å². The fraction of sp³-hybridized carbons (Fsp3) is 0.538. The van der Waals surface area contributed by atoms with E-state index in [1.807, 2.05) is 0 Å². The minimum atomic E-state index is 0. The van der Waals surface area contributed by atoms with Crippen LogP contribution >= 0.6 is 35.6 Å². The number of hydrogen-bond donors (Lipinski definition) is 1. The number of hydrogen-bond acceptors (Lipinski definition) is 3. The minimum Gasteiger partial charge on any atom is -0.489 e. The molecule has 2 rings (SSSR count). The predicted octanol–water partition coefficient (Wildman–Crippen LogP) is 3.22. The third-order valence-electron chi connectivity index (χ3n) is 3.11. The molecule has 3 nitrogen and oxygen atoms in total. The summed E-state index contributed by atoms with van der Waals surface area (Å²) in [6, 6.07) is 5.66. The van der Waals surface area contributed by atoms with E-state index >= 15 is 0 Å². The van der Waals surface area contributed by atoms with Gasteiger partial charge in [-0.3, -0.25) is 4.90 Å². The molecule has 0 bridgehead atoms. The molecule has 0 amide bonds. The Morgan fingerprint density at radius 2 is 2.00 bits per heavy atom. The lowest BCUT2D eigenvalue weighted by Gasteiger charge is -2.30. The van der Waals surface area contributed by atoms with Gasteiger partial charge >= 0.3 is 0 Å². The molecule has 1 unspecified atom stereocenters. The van der Waals surface area contributed by atoms with Crippen molar-refractivity contribution < 1.29 is 4.74 Å². The summed E-state index contributed by atoms with van der Waals surface area (Å²) in [4.78, 5) is 2.32. The highest BCUT2D eigenvalue weighted by molar-refractivity contribution is 6.37. The van der Waals surface area contributed by atoms with Crippen LogP contribution in [0.2, 0.25) is 10.0 Å². The number of nitrogens with zero attached hydrogens (tertiary/aromatic N) is 1. The van der Waals surface area contributed by atoms with Gasteiger partial charge in [0.1, 0.15) is 6.61 Å². The molecule has 0 aromatic heterocycles. The lowest BCUT2D eigenvalue weighted by atomic mass is 10.1.